The van der Waals surface area contributed by atoms with Gasteiger partial charge in [-0.15, -0.1) is 0 Å². The highest BCUT2D eigenvalue weighted by molar-refractivity contribution is 4.78. The lowest BCUT2D eigenvalue weighted by Crippen LogP contribution is -2.27. The highest BCUT2D eigenvalue weighted by atomic mass is 16.5. The summed E-state index contributed by atoms with van der Waals surface area (Å²) in [6, 6.07) is 0. The zero-order valence-corrected chi connectivity index (χ0v) is 13.9. The molecule has 3 heteroatoms. The molecule has 0 aromatic rings. The number of aliphatic hydroxyl groups excluding tert-OH is 2. The van der Waals surface area contributed by atoms with E-state index in [9.17, 15) is 5.11 Å². The first-order valence-corrected chi connectivity index (χ1v) is 9.22. The monoisotopic (exact) mass is 300 g/mol. The molecule has 0 amide bonds. The summed E-state index contributed by atoms with van der Waals surface area (Å²) in [7, 11) is 0. The summed E-state index contributed by atoms with van der Waals surface area (Å²) in [5, 5.41) is 19.1. The van der Waals surface area contributed by atoms with Gasteiger partial charge in [0.25, 0.3) is 0 Å². The van der Waals surface area contributed by atoms with Crippen molar-refractivity contribution in [3.63, 3.8) is 0 Å². The molecule has 3 unspecified atom stereocenters. The van der Waals surface area contributed by atoms with Crippen LogP contribution in [0.5, 0.6) is 0 Å². The van der Waals surface area contributed by atoms with E-state index >= 15 is 0 Å². The molecule has 0 bridgehead atoms. The zero-order chi connectivity index (χ0) is 15.3. The molecule has 2 N–H and O–H groups in total. The second-order valence-electron chi connectivity index (χ2n) is 6.59. The van der Waals surface area contributed by atoms with Gasteiger partial charge in [-0.2, -0.15) is 0 Å². The van der Waals surface area contributed by atoms with E-state index in [2.05, 4.69) is 6.92 Å². The van der Waals surface area contributed by atoms with Gasteiger partial charge in [-0.3, -0.25) is 0 Å². The van der Waals surface area contributed by atoms with Crippen molar-refractivity contribution in [1.82, 2.24) is 0 Å². The van der Waals surface area contributed by atoms with Gasteiger partial charge in [-0.1, -0.05) is 71.1 Å². The van der Waals surface area contributed by atoms with Gasteiger partial charge in [0.05, 0.1) is 24.9 Å². The molecule has 0 aliphatic carbocycles. The molecule has 0 aromatic heterocycles. The molecule has 0 radical (unpaired) electrons. The second kappa shape index (κ2) is 12.4. The van der Waals surface area contributed by atoms with E-state index in [1.165, 1.54) is 57.8 Å². The largest absolute Gasteiger partial charge is 0.394 e. The molecule has 1 rings (SSSR count). The van der Waals surface area contributed by atoms with Gasteiger partial charge < -0.3 is 14.9 Å². The first-order chi connectivity index (χ1) is 10.3. The second-order valence-corrected chi connectivity index (χ2v) is 6.59. The van der Waals surface area contributed by atoms with Crippen LogP contribution in [0, 0.1) is 0 Å². The van der Waals surface area contributed by atoms with Crippen LogP contribution in [-0.2, 0) is 4.74 Å². The maximum absolute atomic E-state index is 10.1. The third-order valence-electron chi connectivity index (χ3n) is 4.63. The lowest BCUT2D eigenvalue weighted by Gasteiger charge is -2.18. The van der Waals surface area contributed by atoms with E-state index in [-0.39, 0.29) is 24.9 Å². The molecule has 3 nitrogen and oxygen atoms in total. The van der Waals surface area contributed by atoms with Crippen LogP contribution in [-0.4, -0.2) is 35.1 Å². The normalized spacial score (nSPS) is 23.6. The van der Waals surface area contributed by atoms with E-state index in [1.807, 2.05) is 0 Å². The van der Waals surface area contributed by atoms with Crippen LogP contribution in [0.1, 0.15) is 90.4 Å². The minimum absolute atomic E-state index is 0.0410. The average molecular weight is 300 g/mol. The molecule has 1 aliphatic rings. The Kier molecular flexibility index (Phi) is 11.2. The average Bonchev–Trinajstić information content (AvgIpc) is 2.98. The maximum atomic E-state index is 10.1. The molecule has 1 fully saturated rings. The van der Waals surface area contributed by atoms with E-state index in [0.717, 1.165) is 25.7 Å². The topological polar surface area (TPSA) is 49.7 Å². The van der Waals surface area contributed by atoms with Crippen LogP contribution < -0.4 is 0 Å². The summed E-state index contributed by atoms with van der Waals surface area (Å²) in [5.74, 6) is 0. The van der Waals surface area contributed by atoms with Gasteiger partial charge >= 0.3 is 0 Å². The quantitative estimate of drug-likeness (QED) is 0.501. The zero-order valence-electron chi connectivity index (χ0n) is 13.9. The minimum Gasteiger partial charge on any atom is -0.394 e. The van der Waals surface area contributed by atoms with E-state index in [1.54, 1.807) is 0 Å². The fourth-order valence-electron chi connectivity index (χ4n) is 3.18. The Morgan fingerprint density at radius 2 is 1.48 bits per heavy atom. The molecular weight excluding hydrogens is 264 g/mol. The Balaban J connectivity index is 1.85. The lowest BCUT2D eigenvalue weighted by atomic mass is 10.0. The number of aliphatic hydroxyl groups is 2. The number of hydrogen-bond donors (Lipinski definition) is 2. The van der Waals surface area contributed by atoms with Crippen molar-refractivity contribution in [3.8, 4) is 0 Å². The Morgan fingerprint density at radius 3 is 2.00 bits per heavy atom. The summed E-state index contributed by atoms with van der Waals surface area (Å²) in [4.78, 5) is 0. The standard InChI is InChI=1S/C18H36O3/c1-2-3-4-5-6-7-8-9-10-11-12-17(20)18-14-13-16(15-19)21-18/h16-20H,2-15H2,1H3. The predicted octanol–water partition coefficient (Wildman–Crippen LogP) is 4.20. The highest BCUT2D eigenvalue weighted by Gasteiger charge is 2.29. The SMILES string of the molecule is CCCCCCCCCCCCC(O)C1CCC(CO)O1. The molecular formula is C18H36O3. The molecule has 0 saturated carbocycles. The van der Waals surface area contributed by atoms with Gasteiger partial charge in [-0.25, -0.2) is 0 Å². The Morgan fingerprint density at radius 1 is 0.905 bits per heavy atom. The summed E-state index contributed by atoms with van der Waals surface area (Å²) >= 11 is 0. The number of ether oxygens (including phenoxy) is 1. The van der Waals surface area contributed by atoms with E-state index in [4.69, 9.17) is 9.84 Å². The molecule has 21 heavy (non-hydrogen) atoms. The summed E-state index contributed by atoms with van der Waals surface area (Å²) < 4.78 is 5.61. The van der Waals surface area contributed by atoms with Crippen LogP contribution in [0.25, 0.3) is 0 Å². The van der Waals surface area contributed by atoms with Gasteiger partial charge in [0.2, 0.25) is 0 Å². The minimum atomic E-state index is -0.337. The van der Waals surface area contributed by atoms with Crippen molar-refractivity contribution in [1.29, 1.82) is 0 Å². The summed E-state index contributed by atoms with van der Waals surface area (Å²) in [5.41, 5.74) is 0. The molecule has 0 spiro atoms. The lowest BCUT2D eigenvalue weighted by molar-refractivity contribution is -0.0516. The van der Waals surface area contributed by atoms with Crippen LogP contribution in [0.4, 0.5) is 0 Å². The van der Waals surface area contributed by atoms with Crippen LogP contribution in [0.15, 0.2) is 0 Å². The molecule has 1 heterocycles. The number of unbranched alkanes of at least 4 members (excludes halogenated alkanes) is 9. The van der Waals surface area contributed by atoms with Gasteiger partial charge in [0, 0.05) is 0 Å². The highest BCUT2D eigenvalue weighted by Crippen LogP contribution is 2.24. The van der Waals surface area contributed by atoms with Crippen molar-refractivity contribution in [3.05, 3.63) is 0 Å². The Labute approximate surface area is 131 Å². The fourth-order valence-corrected chi connectivity index (χ4v) is 3.18. The van der Waals surface area contributed by atoms with Gasteiger partial charge in [-0.05, 0) is 19.3 Å². The molecule has 3 atom stereocenters. The van der Waals surface area contributed by atoms with Gasteiger partial charge in [0.1, 0.15) is 0 Å². The summed E-state index contributed by atoms with van der Waals surface area (Å²) in [6.07, 6.45) is 15.4. The van der Waals surface area contributed by atoms with Crippen LogP contribution >= 0.6 is 0 Å². The Bertz CT molecular complexity index is 233. The van der Waals surface area contributed by atoms with Crippen LogP contribution in [0.2, 0.25) is 0 Å². The predicted molar refractivity (Wildman–Crippen MR) is 87.4 cm³/mol. The molecule has 0 aromatic carbocycles. The smallest absolute Gasteiger partial charge is 0.0839 e. The molecule has 1 aliphatic heterocycles. The van der Waals surface area contributed by atoms with Crippen molar-refractivity contribution in [2.24, 2.45) is 0 Å². The third-order valence-corrected chi connectivity index (χ3v) is 4.63. The summed E-state index contributed by atoms with van der Waals surface area (Å²) in [6.45, 7) is 2.34. The van der Waals surface area contributed by atoms with Crippen LogP contribution in [0.3, 0.4) is 0 Å². The Hall–Kier alpha value is -0.120. The van der Waals surface area contributed by atoms with Gasteiger partial charge in [0.15, 0.2) is 0 Å². The van der Waals surface area contributed by atoms with E-state index in [0.29, 0.717) is 0 Å². The molecule has 126 valence electrons. The maximum Gasteiger partial charge on any atom is 0.0839 e. The van der Waals surface area contributed by atoms with Crippen molar-refractivity contribution < 1.29 is 14.9 Å². The fraction of sp³-hybridized carbons (Fsp3) is 1.00. The van der Waals surface area contributed by atoms with E-state index < -0.39 is 0 Å². The number of rotatable bonds is 13. The first kappa shape index (κ1) is 18.9. The van der Waals surface area contributed by atoms with Crippen molar-refractivity contribution in [2.75, 3.05) is 6.61 Å². The van der Waals surface area contributed by atoms with Crippen molar-refractivity contribution in [2.45, 2.75) is 109 Å². The number of hydrogen-bond acceptors (Lipinski definition) is 3. The third kappa shape index (κ3) is 8.80. The van der Waals surface area contributed by atoms with Crippen molar-refractivity contribution >= 4 is 0 Å². The molecule has 1 saturated heterocycles. The first-order valence-electron chi connectivity index (χ1n) is 9.22.